The predicted molar refractivity (Wildman–Crippen MR) is 85.4 cm³/mol. The molecule has 1 N–H and O–H groups in total. The number of rotatable bonds is 4. The zero-order chi connectivity index (χ0) is 16.4. The molecule has 4 nitrogen and oxygen atoms in total. The minimum absolute atomic E-state index is 0.0494. The summed E-state index contributed by atoms with van der Waals surface area (Å²) in [6.45, 7) is -1.08. The van der Waals surface area contributed by atoms with Crippen LogP contribution in [0.2, 0.25) is 0 Å². The van der Waals surface area contributed by atoms with Crippen molar-refractivity contribution < 1.29 is 18.3 Å². The molecular weight excluding hydrogens is 322 g/mol. The SMILES string of the molecule is Cc1nc2ccc(NC(=O)c3ccccc3OC(F)F)cc2s1. The number of para-hydroxylation sites is 1. The van der Waals surface area contributed by atoms with Crippen molar-refractivity contribution in [2.75, 3.05) is 5.32 Å². The van der Waals surface area contributed by atoms with Gasteiger partial charge in [0.1, 0.15) is 5.75 Å². The molecule has 0 aliphatic carbocycles. The van der Waals surface area contributed by atoms with Gasteiger partial charge in [-0.3, -0.25) is 4.79 Å². The highest BCUT2D eigenvalue weighted by Crippen LogP contribution is 2.26. The van der Waals surface area contributed by atoms with E-state index in [-0.39, 0.29) is 11.3 Å². The first-order valence-corrected chi connectivity index (χ1v) is 7.57. The van der Waals surface area contributed by atoms with Crippen molar-refractivity contribution in [3.8, 4) is 5.75 Å². The van der Waals surface area contributed by atoms with E-state index < -0.39 is 12.5 Å². The van der Waals surface area contributed by atoms with Crippen molar-refractivity contribution in [3.05, 3.63) is 53.0 Å². The van der Waals surface area contributed by atoms with Gasteiger partial charge < -0.3 is 10.1 Å². The maximum Gasteiger partial charge on any atom is 0.387 e. The van der Waals surface area contributed by atoms with Crippen LogP contribution in [0.3, 0.4) is 0 Å². The molecule has 3 rings (SSSR count). The van der Waals surface area contributed by atoms with Gasteiger partial charge in [-0.15, -0.1) is 11.3 Å². The molecule has 0 spiro atoms. The third-order valence-corrected chi connectivity index (χ3v) is 4.03. The molecule has 0 aliphatic rings. The molecule has 0 atom stereocenters. The molecule has 23 heavy (non-hydrogen) atoms. The number of alkyl halides is 2. The summed E-state index contributed by atoms with van der Waals surface area (Å²) in [7, 11) is 0. The van der Waals surface area contributed by atoms with Gasteiger partial charge in [0.15, 0.2) is 0 Å². The fourth-order valence-corrected chi connectivity index (χ4v) is 3.04. The van der Waals surface area contributed by atoms with E-state index in [0.717, 1.165) is 15.2 Å². The van der Waals surface area contributed by atoms with Crippen molar-refractivity contribution in [2.24, 2.45) is 0 Å². The minimum atomic E-state index is -2.99. The Balaban J connectivity index is 1.85. The topological polar surface area (TPSA) is 51.2 Å². The Morgan fingerprint density at radius 1 is 1.26 bits per heavy atom. The quantitative estimate of drug-likeness (QED) is 0.766. The molecule has 0 radical (unpaired) electrons. The zero-order valence-electron chi connectivity index (χ0n) is 12.0. The molecule has 0 fully saturated rings. The number of hydrogen-bond acceptors (Lipinski definition) is 4. The van der Waals surface area contributed by atoms with Gasteiger partial charge in [-0.1, -0.05) is 12.1 Å². The van der Waals surface area contributed by atoms with E-state index in [1.807, 2.05) is 6.92 Å². The number of aryl methyl sites for hydroxylation is 1. The van der Waals surface area contributed by atoms with E-state index in [1.165, 1.54) is 29.5 Å². The first kappa shape index (κ1) is 15.4. The molecule has 1 aromatic heterocycles. The second-order valence-corrected chi connectivity index (χ2v) is 5.98. The van der Waals surface area contributed by atoms with Crippen molar-refractivity contribution in [1.29, 1.82) is 0 Å². The fraction of sp³-hybridized carbons (Fsp3) is 0.125. The van der Waals surface area contributed by atoms with Crippen LogP contribution in [-0.2, 0) is 0 Å². The van der Waals surface area contributed by atoms with Crippen molar-refractivity contribution in [3.63, 3.8) is 0 Å². The fourth-order valence-electron chi connectivity index (χ4n) is 2.17. The Morgan fingerprint density at radius 2 is 2.04 bits per heavy atom. The van der Waals surface area contributed by atoms with Crippen LogP contribution in [0.15, 0.2) is 42.5 Å². The average Bonchev–Trinajstić information content (AvgIpc) is 2.86. The third-order valence-electron chi connectivity index (χ3n) is 3.10. The van der Waals surface area contributed by atoms with Gasteiger partial charge in [-0.25, -0.2) is 4.98 Å². The smallest absolute Gasteiger partial charge is 0.387 e. The molecule has 2 aromatic carbocycles. The Morgan fingerprint density at radius 3 is 2.83 bits per heavy atom. The van der Waals surface area contributed by atoms with Crippen molar-refractivity contribution in [2.45, 2.75) is 13.5 Å². The summed E-state index contributed by atoms with van der Waals surface area (Å²) in [4.78, 5) is 16.7. The lowest BCUT2D eigenvalue weighted by Gasteiger charge is -2.10. The lowest BCUT2D eigenvalue weighted by Crippen LogP contribution is -2.14. The summed E-state index contributed by atoms with van der Waals surface area (Å²) in [5.74, 6) is -0.670. The molecule has 0 unspecified atom stereocenters. The number of carbonyl (C=O) groups excluding carboxylic acids is 1. The summed E-state index contributed by atoms with van der Waals surface area (Å²) in [5.41, 5.74) is 1.47. The largest absolute Gasteiger partial charge is 0.434 e. The molecule has 0 bridgehead atoms. The lowest BCUT2D eigenvalue weighted by atomic mass is 10.2. The number of benzene rings is 2. The van der Waals surface area contributed by atoms with Crippen LogP contribution in [0.1, 0.15) is 15.4 Å². The highest BCUT2D eigenvalue weighted by Gasteiger charge is 2.15. The number of hydrogen-bond donors (Lipinski definition) is 1. The van der Waals surface area contributed by atoms with Crippen LogP contribution >= 0.6 is 11.3 Å². The van der Waals surface area contributed by atoms with E-state index >= 15 is 0 Å². The van der Waals surface area contributed by atoms with Crippen LogP contribution < -0.4 is 10.1 Å². The summed E-state index contributed by atoms with van der Waals surface area (Å²) >= 11 is 1.51. The number of aromatic nitrogens is 1. The second-order valence-electron chi connectivity index (χ2n) is 4.74. The molecule has 3 aromatic rings. The van der Waals surface area contributed by atoms with Gasteiger partial charge >= 0.3 is 6.61 Å². The van der Waals surface area contributed by atoms with Crippen molar-refractivity contribution in [1.82, 2.24) is 4.98 Å². The Hall–Kier alpha value is -2.54. The molecule has 0 saturated heterocycles. The summed E-state index contributed by atoms with van der Waals surface area (Å²) in [6, 6.07) is 11.2. The Kier molecular flexibility index (Phi) is 4.20. The minimum Gasteiger partial charge on any atom is -0.434 e. The van der Waals surface area contributed by atoms with Gasteiger partial charge in [0.2, 0.25) is 0 Å². The van der Waals surface area contributed by atoms with Crippen LogP contribution in [0, 0.1) is 6.92 Å². The molecule has 0 aliphatic heterocycles. The molecular formula is C16H12F2N2O2S. The van der Waals surface area contributed by atoms with E-state index in [9.17, 15) is 13.6 Å². The number of anilines is 1. The van der Waals surface area contributed by atoms with Gasteiger partial charge in [0.05, 0.1) is 20.8 Å². The lowest BCUT2D eigenvalue weighted by molar-refractivity contribution is -0.0501. The summed E-state index contributed by atoms with van der Waals surface area (Å²) in [5, 5.41) is 3.62. The van der Waals surface area contributed by atoms with Crippen LogP contribution in [0.5, 0.6) is 5.75 Å². The van der Waals surface area contributed by atoms with Crippen LogP contribution in [-0.4, -0.2) is 17.5 Å². The number of carbonyl (C=O) groups is 1. The second kappa shape index (κ2) is 6.29. The number of fused-ring (bicyclic) bond motifs is 1. The van der Waals surface area contributed by atoms with Gasteiger partial charge in [-0.05, 0) is 37.3 Å². The normalized spacial score (nSPS) is 11.0. The monoisotopic (exact) mass is 334 g/mol. The summed E-state index contributed by atoms with van der Waals surface area (Å²) in [6.07, 6.45) is 0. The first-order chi connectivity index (χ1) is 11.0. The maximum atomic E-state index is 12.4. The Labute approximate surface area is 134 Å². The van der Waals surface area contributed by atoms with E-state index in [4.69, 9.17) is 0 Å². The number of thiazole rings is 1. The molecule has 7 heteroatoms. The molecule has 118 valence electrons. The van der Waals surface area contributed by atoms with Crippen LogP contribution in [0.25, 0.3) is 10.2 Å². The van der Waals surface area contributed by atoms with E-state index in [2.05, 4.69) is 15.0 Å². The van der Waals surface area contributed by atoms with Crippen LogP contribution in [0.4, 0.5) is 14.5 Å². The highest BCUT2D eigenvalue weighted by molar-refractivity contribution is 7.18. The molecule has 1 amide bonds. The number of nitrogens with one attached hydrogen (secondary N) is 1. The molecule has 1 heterocycles. The van der Waals surface area contributed by atoms with Crippen molar-refractivity contribution >= 4 is 33.1 Å². The number of amides is 1. The number of halogens is 2. The first-order valence-electron chi connectivity index (χ1n) is 6.75. The third kappa shape index (κ3) is 3.45. The van der Waals surface area contributed by atoms with E-state index in [1.54, 1.807) is 24.3 Å². The number of nitrogens with zero attached hydrogens (tertiary/aromatic N) is 1. The maximum absolute atomic E-state index is 12.4. The molecule has 0 saturated carbocycles. The van der Waals surface area contributed by atoms with Gasteiger partial charge in [-0.2, -0.15) is 8.78 Å². The highest BCUT2D eigenvalue weighted by atomic mass is 32.1. The zero-order valence-corrected chi connectivity index (χ0v) is 12.9. The standard InChI is InChI=1S/C16H12F2N2O2S/c1-9-19-12-7-6-10(8-14(12)23-9)20-15(21)11-4-2-3-5-13(11)22-16(17)18/h2-8,16H,1H3,(H,20,21). The predicted octanol–water partition coefficient (Wildman–Crippen LogP) is 4.46. The van der Waals surface area contributed by atoms with E-state index in [0.29, 0.717) is 5.69 Å². The Bertz CT molecular complexity index is 864. The average molecular weight is 334 g/mol. The number of ether oxygens (including phenoxy) is 1. The summed E-state index contributed by atoms with van der Waals surface area (Å²) < 4.78 is 30.1. The van der Waals surface area contributed by atoms with Gasteiger partial charge in [0.25, 0.3) is 5.91 Å². The van der Waals surface area contributed by atoms with Gasteiger partial charge in [0, 0.05) is 5.69 Å².